The standard InChI is InChI=1S/C26H34N4O3/c1-17-13-20(14-18(2)24(17)32-3)26(31)30-16-19-5-4-8-27-25(19)28-22-7-6-21(15-23(22)30)29-9-11-33-12-10-29/h4-8,15,17-18,20,24H,9-14,16H2,1-3H3,(H,27,28). The van der Waals surface area contributed by atoms with Crippen molar-refractivity contribution in [2.45, 2.75) is 39.3 Å². The Morgan fingerprint density at radius 1 is 1.15 bits per heavy atom. The van der Waals surface area contributed by atoms with Gasteiger partial charge in [-0.25, -0.2) is 4.98 Å². The van der Waals surface area contributed by atoms with Crippen molar-refractivity contribution in [1.82, 2.24) is 4.98 Å². The van der Waals surface area contributed by atoms with Crippen LogP contribution >= 0.6 is 0 Å². The number of ether oxygens (including phenoxy) is 2. The van der Waals surface area contributed by atoms with Gasteiger partial charge < -0.3 is 24.6 Å². The molecule has 1 aromatic heterocycles. The average molecular weight is 451 g/mol. The number of anilines is 4. The molecule has 2 aliphatic heterocycles. The molecular weight excluding hydrogens is 416 g/mol. The number of hydrogen-bond donors (Lipinski definition) is 1. The molecule has 3 aliphatic rings. The van der Waals surface area contributed by atoms with E-state index in [4.69, 9.17) is 9.47 Å². The van der Waals surface area contributed by atoms with E-state index in [1.807, 2.05) is 11.0 Å². The van der Waals surface area contributed by atoms with Crippen LogP contribution in [-0.2, 0) is 20.8 Å². The van der Waals surface area contributed by atoms with Crippen molar-refractivity contribution in [3.8, 4) is 0 Å². The van der Waals surface area contributed by atoms with E-state index in [2.05, 4.69) is 53.3 Å². The molecular formula is C26H34N4O3. The lowest BCUT2D eigenvalue weighted by atomic mass is 9.74. The Kier molecular flexibility index (Phi) is 6.25. The van der Waals surface area contributed by atoms with Gasteiger partial charge in [-0.15, -0.1) is 0 Å². The summed E-state index contributed by atoms with van der Waals surface area (Å²) in [5, 5.41) is 3.49. The van der Waals surface area contributed by atoms with Crippen molar-refractivity contribution < 1.29 is 14.3 Å². The molecule has 0 spiro atoms. The fourth-order valence-corrected chi connectivity index (χ4v) is 5.84. The quantitative estimate of drug-likeness (QED) is 0.756. The number of hydrogen-bond acceptors (Lipinski definition) is 6. The summed E-state index contributed by atoms with van der Waals surface area (Å²) in [5.74, 6) is 1.71. The highest BCUT2D eigenvalue weighted by molar-refractivity contribution is 6.00. The first-order valence-corrected chi connectivity index (χ1v) is 12.1. The molecule has 7 nitrogen and oxygen atoms in total. The Morgan fingerprint density at radius 2 is 1.91 bits per heavy atom. The molecule has 1 amide bonds. The van der Waals surface area contributed by atoms with Crippen molar-refractivity contribution in [2.24, 2.45) is 17.8 Å². The second-order valence-electron chi connectivity index (χ2n) is 9.68. The zero-order valence-corrected chi connectivity index (χ0v) is 19.8. The summed E-state index contributed by atoms with van der Waals surface area (Å²) < 4.78 is 11.3. The fourth-order valence-electron chi connectivity index (χ4n) is 5.84. The van der Waals surface area contributed by atoms with Gasteiger partial charge in [0.1, 0.15) is 5.82 Å². The fraction of sp³-hybridized carbons (Fsp3) is 0.538. The maximum absolute atomic E-state index is 14.1. The van der Waals surface area contributed by atoms with E-state index < -0.39 is 0 Å². The molecule has 1 saturated heterocycles. The summed E-state index contributed by atoms with van der Waals surface area (Å²) in [7, 11) is 1.79. The van der Waals surface area contributed by atoms with Gasteiger partial charge in [0, 0.05) is 43.6 Å². The van der Waals surface area contributed by atoms with Crippen LogP contribution in [0.5, 0.6) is 0 Å². The molecule has 3 heterocycles. The van der Waals surface area contributed by atoms with Crippen LogP contribution in [-0.4, -0.2) is 50.4 Å². The number of rotatable bonds is 3. The van der Waals surface area contributed by atoms with Gasteiger partial charge in [0.2, 0.25) is 5.91 Å². The number of carbonyl (C=O) groups excluding carboxylic acids is 1. The van der Waals surface area contributed by atoms with Crippen molar-refractivity contribution in [3.63, 3.8) is 0 Å². The first-order valence-electron chi connectivity index (χ1n) is 12.1. The van der Waals surface area contributed by atoms with Crippen LogP contribution in [0.4, 0.5) is 22.9 Å². The summed E-state index contributed by atoms with van der Waals surface area (Å²) in [6, 6.07) is 10.4. The highest BCUT2D eigenvalue weighted by Crippen LogP contribution is 2.41. The minimum atomic E-state index is -0.0143. The van der Waals surface area contributed by atoms with Crippen LogP contribution in [0.2, 0.25) is 0 Å². The number of morpholine rings is 1. The average Bonchev–Trinajstić information content (AvgIpc) is 3.00. The number of nitrogens with one attached hydrogen (secondary N) is 1. The number of amides is 1. The normalized spacial score (nSPS) is 27.2. The van der Waals surface area contributed by atoms with E-state index >= 15 is 0 Å². The van der Waals surface area contributed by atoms with E-state index in [1.54, 1.807) is 13.3 Å². The molecule has 0 radical (unpaired) electrons. The van der Waals surface area contributed by atoms with Crippen molar-refractivity contribution in [1.29, 1.82) is 0 Å². The van der Waals surface area contributed by atoms with Gasteiger partial charge in [-0.1, -0.05) is 19.9 Å². The van der Waals surface area contributed by atoms with E-state index in [0.717, 1.165) is 67.6 Å². The molecule has 0 bridgehead atoms. The molecule has 33 heavy (non-hydrogen) atoms. The molecule has 1 aromatic carbocycles. The Hall–Kier alpha value is -2.64. The molecule has 176 valence electrons. The number of aromatic nitrogens is 1. The number of fused-ring (bicyclic) bond motifs is 2. The summed E-state index contributed by atoms with van der Waals surface area (Å²) >= 11 is 0. The smallest absolute Gasteiger partial charge is 0.230 e. The highest BCUT2D eigenvalue weighted by atomic mass is 16.5. The van der Waals surface area contributed by atoms with E-state index in [-0.39, 0.29) is 17.9 Å². The van der Waals surface area contributed by atoms with E-state index in [1.165, 1.54) is 0 Å². The van der Waals surface area contributed by atoms with Crippen molar-refractivity contribution in [2.75, 3.05) is 48.5 Å². The van der Waals surface area contributed by atoms with E-state index in [0.29, 0.717) is 18.4 Å². The summed E-state index contributed by atoms with van der Waals surface area (Å²) in [6.07, 6.45) is 3.71. The number of carbonyl (C=O) groups is 1. The summed E-state index contributed by atoms with van der Waals surface area (Å²) in [5.41, 5.74) is 4.00. The lowest BCUT2D eigenvalue weighted by Gasteiger charge is -2.39. The van der Waals surface area contributed by atoms with Crippen LogP contribution in [0.15, 0.2) is 36.5 Å². The summed E-state index contributed by atoms with van der Waals surface area (Å²) in [6.45, 7) is 8.10. The molecule has 2 fully saturated rings. The topological polar surface area (TPSA) is 66.9 Å². The number of pyridine rings is 1. The number of nitrogens with zero attached hydrogens (tertiary/aromatic N) is 3. The van der Waals surface area contributed by atoms with Gasteiger partial charge in [0.25, 0.3) is 0 Å². The van der Waals surface area contributed by atoms with Gasteiger partial charge in [-0.05, 0) is 48.9 Å². The zero-order chi connectivity index (χ0) is 22.9. The second-order valence-corrected chi connectivity index (χ2v) is 9.68. The molecule has 1 aliphatic carbocycles. The molecule has 1 N–H and O–H groups in total. The molecule has 2 atom stereocenters. The monoisotopic (exact) mass is 450 g/mol. The molecule has 2 aromatic rings. The van der Waals surface area contributed by atoms with Gasteiger partial charge in [0.05, 0.1) is 37.2 Å². The van der Waals surface area contributed by atoms with Gasteiger partial charge in [0.15, 0.2) is 0 Å². The Morgan fingerprint density at radius 3 is 2.64 bits per heavy atom. The third kappa shape index (κ3) is 4.32. The van der Waals surface area contributed by atoms with Crippen LogP contribution in [0, 0.1) is 17.8 Å². The van der Waals surface area contributed by atoms with Crippen molar-refractivity contribution in [3.05, 3.63) is 42.1 Å². The predicted molar refractivity (Wildman–Crippen MR) is 130 cm³/mol. The largest absolute Gasteiger partial charge is 0.381 e. The van der Waals surface area contributed by atoms with Crippen LogP contribution in [0.1, 0.15) is 32.3 Å². The van der Waals surface area contributed by atoms with Crippen molar-refractivity contribution >= 4 is 28.8 Å². The van der Waals surface area contributed by atoms with Gasteiger partial charge >= 0.3 is 0 Å². The zero-order valence-electron chi connectivity index (χ0n) is 19.8. The Balaban J connectivity index is 1.51. The maximum Gasteiger partial charge on any atom is 0.230 e. The Labute approximate surface area is 196 Å². The van der Waals surface area contributed by atoms with Gasteiger partial charge in [-0.2, -0.15) is 0 Å². The second kappa shape index (κ2) is 9.31. The molecule has 1 saturated carbocycles. The third-order valence-corrected chi connectivity index (χ3v) is 7.44. The predicted octanol–water partition coefficient (Wildman–Crippen LogP) is 4.21. The third-order valence-electron chi connectivity index (χ3n) is 7.44. The first-order chi connectivity index (χ1) is 16.0. The Bertz CT molecular complexity index is 995. The number of methoxy groups -OCH3 is 1. The minimum absolute atomic E-state index is 0.0143. The maximum atomic E-state index is 14.1. The van der Waals surface area contributed by atoms with Crippen LogP contribution in [0.3, 0.4) is 0 Å². The summed E-state index contributed by atoms with van der Waals surface area (Å²) in [4.78, 5) is 22.9. The first kappa shape index (κ1) is 22.2. The molecule has 7 heteroatoms. The van der Waals surface area contributed by atoms with Gasteiger partial charge in [-0.3, -0.25) is 4.79 Å². The lowest BCUT2D eigenvalue weighted by molar-refractivity contribution is -0.127. The van der Waals surface area contributed by atoms with E-state index in [9.17, 15) is 4.79 Å². The minimum Gasteiger partial charge on any atom is -0.381 e. The molecule has 2 unspecified atom stereocenters. The van der Waals surface area contributed by atoms with Crippen LogP contribution in [0.25, 0.3) is 0 Å². The molecule has 5 rings (SSSR count). The SMILES string of the molecule is COC1C(C)CC(C(=O)N2Cc3cccnc3Nc3ccc(N4CCOCC4)cc32)CC1C. The lowest BCUT2D eigenvalue weighted by Crippen LogP contribution is -2.43. The highest BCUT2D eigenvalue weighted by Gasteiger charge is 2.39. The van der Waals surface area contributed by atoms with Crippen LogP contribution < -0.4 is 15.1 Å². The number of benzene rings is 1.